The van der Waals surface area contributed by atoms with Crippen LogP contribution >= 0.6 is 24.0 Å². The summed E-state index contributed by atoms with van der Waals surface area (Å²) in [6, 6.07) is 12.2. The number of rotatable bonds is 6. The first kappa shape index (κ1) is 21.1. The molecule has 146 valence electrons. The van der Waals surface area contributed by atoms with Crippen LogP contribution in [0, 0.1) is 6.92 Å². The number of aliphatic imine (C=N–C) groups is 1. The van der Waals surface area contributed by atoms with Crippen molar-refractivity contribution in [3.05, 3.63) is 53.1 Å². The van der Waals surface area contributed by atoms with Crippen LogP contribution < -0.4 is 24.8 Å². The third-order valence-electron chi connectivity index (χ3n) is 4.30. The summed E-state index contributed by atoms with van der Waals surface area (Å²) in [6.45, 7) is 3.78. The molecule has 0 atom stereocenters. The molecule has 1 aliphatic rings. The standard InChI is InChI=1S/C20H25N3O3.HI/c1-14-4-5-15(10-18(14)24-3)8-9-22-20(21-2)23-12-16-6-7-17-19(11-16)26-13-25-17;/h4-7,10-11H,8-9,12-13H2,1-3H3,(H2,21,22,23);1H. The highest BCUT2D eigenvalue weighted by molar-refractivity contribution is 14.0. The van der Waals surface area contributed by atoms with Gasteiger partial charge in [-0.25, -0.2) is 0 Å². The van der Waals surface area contributed by atoms with E-state index in [4.69, 9.17) is 14.2 Å². The van der Waals surface area contributed by atoms with E-state index in [2.05, 4.69) is 33.8 Å². The second-order valence-electron chi connectivity index (χ2n) is 6.09. The van der Waals surface area contributed by atoms with Crippen molar-refractivity contribution in [3.8, 4) is 17.2 Å². The van der Waals surface area contributed by atoms with Gasteiger partial charge < -0.3 is 24.8 Å². The van der Waals surface area contributed by atoms with Crippen molar-refractivity contribution in [2.45, 2.75) is 19.9 Å². The minimum atomic E-state index is 0. The van der Waals surface area contributed by atoms with Gasteiger partial charge in [0, 0.05) is 20.1 Å². The van der Waals surface area contributed by atoms with Gasteiger partial charge in [-0.1, -0.05) is 18.2 Å². The van der Waals surface area contributed by atoms with Crippen LogP contribution in [0.4, 0.5) is 0 Å². The van der Waals surface area contributed by atoms with Crippen molar-refractivity contribution in [2.75, 3.05) is 27.5 Å². The van der Waals surface area contributed by atoms with Gasteiger partial charge in [-0.2, -0.15) is 0 Å². The van der Waals surface area contributed by atoms with Crippen LogP contribution in [-0.2, 0) is 13.0 Å². The second-order valence-corrected chi connectivity index (χ2v) is 6.09. The molecule has 0 fully saturated rings. The van der Waals surface area contributed by atoms with Gasteiger partial charge >= 0.3 is 0 Å². The van der Waals surface area contributed by atoms with Crippen molar-refractivity contribution < 1.29 is 14.2 Å². The molecule has 0 saturated carbocycles. The largest absolute Gasteiger partial charge is 0.496 e. The maximum absolute atomic E-state index is 5.41. The first-order chi connectivity index (χ1) is 12.7. The van der Waals surface area contributed by atoms with E-state index in [1.165, 1.54) is 5.56 Å². The first-order valence-corrected chi connectivity index (χ1v) is 8.66. The summed E-state index contributed by atoms with van der Waals surface area (Å²) in [5.41, 5.74) is 3.48. The van der Waals surface area contributed by atoms with Crippen LogP contribution in [-0.4, -0.2) is 33.5 Å². The molecule has 0 radical (unpaired) electrons. The zero-order chi connectivity index (χ0) is 18.4. The minimum absolute atomic E-state index is 0. The number of fused-ring (bicyclic) bond motifs is 1. The fourth-order valence-electron chi connectivity index (χ4n) is 2.80. The molecule has 3 rings (SSSR count). The SMILES string of the molecule is CN=C(NCCc1ccc(C)c(OC)c1)NCc1ccc2c(c1)OCO2.I. The number of ether oxygens (including phenoxy) is 3. The van der Waals surface area contributed by atoms with Crippen molar-refractivity contribution in [1.82, 2.24) is 10.6 Å². The van der Waals surface area contributed by atoms with Crippen molar-refractivity contribution in [3.63, 3.8) is 0 Å². The number of benzene rings is 2. The Labute approximate surface area is 177 Å². The topological polar surface area (TPSA) is 64.1 Å². The third kappa shape index (κ3) is 5.66. The quantitative estimate of drug-likeness (QED) is 0.375. The number of guanidine groups is 1. The predicted octanol–water partition coefficient (Wildman–Crippen LogP) is 3.26. The summed E-state index contributed by atoms with van der Waals surface area (Å²) in [6.07, 6.45) is 0.890. The first-order valence-electron chi connectivity index (χ1n) is 8.66. The number of hydrogen-bond acceptors (Lipinski definition) is 4. The molecule has 0 aliphatic carbocycles. The van der Waals surface area contributed by atoms with Crippen molar-refractivity contribution in [2.24, 2.45) is 4.99 Å². The van der Waals surface area contributed by atoms with E-state index < -0.39 is 0 Å². The van der Waals surface area contributed by atoms with Crippen molar-refractivity contribution >= 4 is 29.9 Å². The number of nitrogens with one attached hydrogen (secondary N) is 2. The molecule has 0 bridgehead atoms. The molecule has 1 aliphatic heterocycles. The van der Waals surface area contributed by atoms with Crippen LogP contribution in [0.5, 0.6) is 17.2 Å². The highest BCUT2D eigenvalue weighted by Gasteiger charge is 2.13. The molecule has 0 aromatic heterocycles. The van der Waals surface area contributed by atoms with Crippen LogP contribution in [0.3, 0.4) is 0 Å². The molecule has 0 amide bonds. The lowest BCUT2D eigenvalue weighted by molar-refractivity contribution is 0.174. The Morgan fingerprint density at radius 1 is 1.07 bits per heavy atom. The molecular formula is C20H26IN3O3. The average Bonchev–Trinajstić information content (AvgIpc) is 3.13. The maximum Gasteiger partial charge on any atom is 0.231 e. The summed E-state index contributed by atoms with van der Waals surface area (Å²) in [4.78, 5) is 4.27. The number of hydrogen-bond donors (Lipinski definition) is 2. The molecule has 7 heteroatoms. The highest BCUT2D eigenvalue weighted by atomic mass is 127. The van der Waals surface area contributed by atoms with Gasteiger partial charge in [-0.15, -0.1) is 24.0 Å². The van der Waals surface area contributed by atoms with E-state index >= 15 is 0 Å². The summed E-state index contributed by atoms with van der Waals surface area (Å²) in [5, 5.41) is 6.65. The van der Waals surface area contributed by atoms with E-state index in [0.717, 1.165) is 47.3 Å². The molecule has 0 saturated heterocycles. The zero-order valence-corrected chi connectivity index (χ0v) is 18.2. The predicted molar refractivity (Wildman–Crippen MR) is 118 cm³/mol. The third-order valence-corrected chi connectivity index (χ3v) is 4.30. The van der Waals surface area contributed by atoms with Crippen LogP contribution in [0.2, 0.25) is 0 Å². The summed E-state index contributed by atoms with van der Waals surface area (Å²) >= 11 is 0. The Kier molecular flexibility index (Phi) is 8.02. The van der Waals surface area contributed by atoms with Crippen LogP contribution in [0.15, 0.2) is 41.4 Å². The lowest BCUT2D eigenvalue weighted by Crippen LogP contribution is -2.37. The Morgan fingerprint density at radius 2 is 1.85 bits per heavy atom. The Bertz CT molecular complexity index is 796. The number of methoxy groups -OCH3 is 1. The monoisotopic (exact) mass is 483 g/mol. The molecule has 6 nitrogen and oxygen atoms in total. The fraction of sp³-hybridized carbons (Fsp3) is 0.350. The van der Waals surface area contributed by atoms with Gasteiger partial charge in [0.1, 0.15) is 5.75 Å². The van der Waals surface area contributed by atoms with E-state index in [0.29, 0.717) is 13.3 Å². The van der Waals surface area contributed by atoms with Crippen molar-refractivity contribution in [1.29, 1.82) is 0 Å². The summed E-state index contributed by atoms with van der Waals surface area (Å²) < 4.78 is 16.1. The normalized spacial score (nSPS) is 12.3. The molecule has 27 heavy (non-hydrogen) atoms. The lowest BCUT2D eigenvalue weighted by Gasteiger charge is -2.13. The highest BCUT2D eigenvalue weighted by Crippen LogP contribution is 2.32. The van der Waals surface area contributed by atoms with Gasteiger partial charge in [-0.3, -0.25) is 4.99 Å². The minimum Gasteiger partial charge on any atom is -0.496 e. The molecular weight excluding hydrogens is 457 g/mol. The number of nitrogens with zero attached hydrogens (tertiary/aromatic N) is 1. The maximum atomic E-state index is 5.41. The smallest absolute Gasteiger partial charge is 0.231 e. The Morgan fingerprint density at radius 3 is 2.63 bits per heavy atom. The van der Waals surface area contributed by atoms with E-state index in [1.54, 1.807) is 14.2 Å². The van der Waals surface area contributed by atoms with Gasteiger partial charge in [0.25, 0.3) is 0 Å². The number of aryl methyl sites for hydroxylation is 1. The Hall–Kier alpha value is -2.16. The molecule has 2 N–H and O–H groups in total. The molecule has 0 unspecified atom stereocenters. The van der Waals surface area contributed by atoms with Gasteiger partial charge in [0.2, 0.25) is 6.79 Å². The van der Waals surface area contributed by atoms with Crippen LogP contribution in [0.1, 0.15) is 16.7 Å². The molecule has 2 aromatic rings. The molecule has 2 aromatic carbocycles. The molecule has 1 heterocycles. The second kappa shape index (κ2) is 10.2. The Balaban J connectivity index is 0.00000261. The van der Waals surface area contributed by atoms with Crippen LogP contribution in [0.25, 0.3) is 0 Å². The lowest BCUT2D eigenvalue weighted by atomic mass is 10.1. The fourth-order valence-corrected chi connectivity index (χ4v) is 2.80. The summed E-state index contributed by atoms with van der Waals surface area (Å²) in [7, 11) is 3.47. The summed E-state index contributed by atoms with van der Waals surface area (Å²) in [5.74, 6) is 3.28. The average molecular weight is 483 g/mol. The number of halogens is 1. The van der Waals surface area contributed by atoms with Gasteiger partial charge in [0.05, 0.1) is 7.11 Å². The van der Waals surface area contributed by atoms with E-state index in [9.17, 15) is 0 Å². The van der Waals surface area contributed by atoms with E-state index in [-0.39, 0.29) is 24.0 Å². The molecule has 0 spiro atoms. The van der Waals surface area contributed by atoms with Gasteiger partial charge in [-0.05, 0) is 48.2 Å². The van der Waals surface area contributed by atoms with E-state index in [1.807, 2.05) is 25.1 Å². The van der Waals surface area contributed by atoms with Gasteiger partial charge in [0.15, 0.2) is 17.5 Å². The zero-order valence-electron chi connectivity index (χ0n) is 15.9.